The number of nitrogens with zero attached hydrogens (tertiary/aromatic N) is 2. The fraction of sp³-hybridized carbons (Fsp3) is 0. The zero-order valence-electron chi connectivity index (χ0n) is 3.29. The average Bonchev–Trinajstić information content (AvgIpc) is 2.14. The van der Waals surface area contributed by atoms with Gasteiger partial charge in [0.15, 0.2) is 6.26 Å². The first-order valence-corrected chi connectivity index (χ1v) is 1.99. The molecule has 0 N–H and O–H groups in total. The summed E-state index contributed by atoms with van der Waals surface area (Å²) in [5.41, 5.74) is 0.468. The average molecular weight is 113 g/mol. The van der Waals surface area contributed by atoms with Crippen LogP contribution >= 0.6 is 12.2 Å². The van der Waals surface area contributed by atoms with Gasteiger partial charge in [-0.1, -0.05) is 12.2 Å². The van der Waals surface area contributed by atoms with Crippen molar-refractivity contribution in [3.63, 3.8) is 0 Å². The highest BCUT2D eigenvalue weighted by Gasteiger charge is 1.86. The van der Waals surface area contributed by atoms with E-state index in [-0.39, 0.29) is 0 Å². The second kappa shape index (κ2) is 1.79. The minimum absolute atomic E-state index is 0.468. The van der Waals surface area contributed by atoms with Gasteiger partial charge in [-0.05, 0) is 0 Å². The van der Waals surface area contributed by atoms with Gasteiger partial charge in [0, 0.05) is 5.27 Å². The molecule has 0 fully saturated rings. The second-order valence-corrected chi connectivity index (χ2v) is 1.10. The number of hydrogen-bond acceptors (Lipinski definition) is 4. The summed E-state index contributed by atoms with van der Waals surface area (Å²) in [6, 6.07) is 0. The van der Waals surface area contributed by atoms with E-state index in [9.17, 15) is 0 Å². The van der Waals surface area contributed by atoms with Crippen LogP contribution in [0.3, 0.4) is 0 Å². The third kappa shape index (κ3) is 0.806. The third-order valence-corrected chi connectivity index (χ3v) is 0.674. The number of thiocarbonyl (C=S) groups is 1. The van der Waals surface area contributed by atoms with Gasteiger partial charge in [0.05, 0.1) is 5.37 Å². The van der Waals surface area contributed by atoms with Gasteiger partial charge in [-0.3, -0.25) is 0 Å². The van der Waals surface area contributed by atoms with Gasteiger partial charge in [-0.15, -0.1) is 5.10 Å². The molecule has 0 aliphatic rings. The molecule has 0 atom stereocenters. The van der Waals surface area contributed by atoms with E-state index in [1.54, 1.807) is 0 Å². The van der Waals surface area contributed by atoms with E-state index in [1.807, 2.05) is 0 Å². The van der Waals surface area contributed by atoms with Crippen LogP contribution in [0.2, 0.25) is 0 Å². The van der Waals surface area contributed by atoms with E-state index in [0.29, 0.717) is 5.69 Å². The maximum absolute atomic E-state index is 4.36. The molecule has 1 radical (unpaired) electrons. The van der Waals surface area contributed by atoms with Crippen molar-refractivity contribution in [2.45, 2.75) is 0 Å². The summed E-state index contributed by atoms with van der Waals surface area (Å²) < 4.78 is 4.32. The lowest BCUT2D eigenvalue weighted by Gasteiger charge is -1.60. The maximum atomic E-state index is 4.36. The minimum Gasteiger partial charge on any atom is -0.345 e. The van der Waals surface area contributed by atoms with Crippen molar-refractivity contribution in [1.29, 1.82) is 0 Å². The number of aromatic nitrogens is 2. The Morgan fingerprint density at radius 3 is 3.00 bits per heavy atom. The summed E-state index contributed by atoms with van der Waals surface area (Å²) in [4.78, 5) is 0. The molecule has 0 amide bonds. The standard InChI is InChI=1S/C3HN2OS/c7-2-3-1-6-5-4-3/h1H. The maximum Gasteiger partial charge on any atom is 0.153 e. The molecule has 3 nitrogen and oxygen atoms in total. The van der Waals surface area contributed by atoms with Crippen LogP contribution in [0.5, 0.6) is 0 Å². The molecule has 0 aliphatic carbocycles. The quantitative estimate of drug-likeness (QED) is 0.491. The van der Waals surface area contributed by atoms with Gasteiger partial charge in [0.25, 0.3) is 0 Å². The van der Waals surface area contributed by atoms with Crippen LogP contribution < -0.4 is 0 Å². The normalized spacial score (nSPS) is 8.57. The van der Waals surface area contributed by atoms with Gasteiger partial charge in [-0.25, -0.2) is 0 Å². The summed E-state index contributed by atoms with van der Waals surface area (Å²) in [5, 5.41) is 8.86. The first-order chi connectivity index (χ1) is 3.43. The minimum atomic E-state index is 0.468. The van der Waals surface area contributed by atoms with E-state index < -0.39 is 0 Å². The van der Waals surface area contributed by atoms with Crippen molar-refractivity contribution in [2.24, 2.45) is 0 Å². The van der Waals surface area contributed by atoms with Crippen LogP contribution in [0.4, 0.5) is 0 Å². The molecule has 0 unspecified atom stereocenters. The fourth-order valence-electron chi connectivity index (χ4n) is 0.209. The van der Waals surface area contributed by atoms with Crippen LogP contribution in [-0.2, 0) is 0 Å². The van der Waals surface area contributed by atoms with Crippen molar-refractivity contribution in [1.82, 2.24) is 10.4 Å². The second-order valence-electron chi connectivity index (χ2n) is 0.892. The van der Waals surface area contributed by atoms with Gasteiger partial charge in [0.1, 0.15) is 5.69 Å². The molecule has 0 saturated heterocycles. The highest BCUT2D eigenvalue weighted by molar-refractivity contribution is 7.79. The first kappa shape index (κ1) is 4.39. The lowest BCUT2D eigenvalue weighted by atomic mass is 10.6. The van der Waals surface area contributed by atoms with Crippen molar-refractivity contribution < 1.29 is 4.52 Å². The van der Waals surface area contributed by atoms with Crippen molar-refractivity contribution in [2.75, 3.05) is 0 Å². The van der Waals surface area contributed by atoms with Crippen molar-refractivity contribution >= 4 is 17.6 Å². The fourth-order valence-corrected chi connectivity index (χ4v) is 0.298. The van der Waals surface area contributed by atoms with E-state index in [2.05, 4.69) is 32.5 Å². The van der Waals surface area contributed by atoms with E-state index in [0.717, 1.165) is 0 Å². The van der Waals surface area contributed by atoms with Gasteiger partial charge in [0.2, 0.25) is 0 Å². The van der Waals surface area contributed by atoms with E-state index >= 15 is 0 Å². The predicted octanol–water partition coefficient (Wildman–Crippen LogP) is 0.294. The molecule has 1 heterocycles. The molecule has 35 valence electrons. The Bertz CT molecular complexity index is 148. The molecule has 0 saturated carbocycles. The molecule has 1 aromatic rings. The molecular formula is C3HN2OS. The van der Waals surface area contributed by atoms with Gasteiger partial charge in [-0.2, -0.15) is 0 Å². The predicted molar refractivity (Wildman–Crippen MR) is 26.0 cm³/mol. The summed E-state index contributed by atoms with van der Waals surface area (Å²) in [6.07, 6.45) is 1.33. The topological polar surface area (TPSA) is 38.9 Å². The number of hydrogen-bond donors (Lipinski definition) is 0. The molecule has 1 rings (SSSR count). The van der Waals surface area contributed by atoms with Crippen LogP contribution in [0, 0.1) is 0 Å². The van der Waals surface area contributed by atoms with Crippen LogP contribution in [-0.4, -0.2) is 15.7 Å². The summed E-state index contributed by atoms with van der Waals surface area (Å²) in [6.45, 7) is 0. The van der Waals surface area contributed by atoms with Gasteiger partial charge >= 0.3 is 0 Å². The molecule has 0 aliphatic heterocycles. The third-order valence-electron chi connectivity index (χ3n) is 0.465. The molecule has 1 aromatic heterocycles. The molecule has 0 spiro atoms. The largest absolute Gasteiger partial charge is 0.345 e. The molecule has 0 bridgehead atoms. The molecule has 4 heteroatoms. The Morgan fingerprint density at radius 2 is 2.71 bits per heavy atom. The lowest BCUT2D eigenvalue weighted by Crippen LogP contribution is -1.73. The van der Waals surface area contributed by atoms with Crippen molar-refractivity contribution in [3.8, 4) is 0 Å². The first-order valence-electron chi connectivity index (χ1n) is 1.58. The summed E-state index contributed by atoms with van der Waals surface area (Å²) in [5.74, 6) is 0. The highest BCUT2D eigenvalue weighted by Crippen LogP contribution is 1.82. The van der Waals surface area contributed by atoms with Crippen LogP contribution in [0.1, 0.15) is 5.69 Å². The Balaban J connectivity index is 2.96. The zero-order valence-corrected chi connectivity index (χ0v) is 4.10. The van der Waals surface area contributed by atoms with E-state index in [4.69, 9.17) is 0 Å². The SMILES string of the molecule is S=[C]c1conn1. The summed E-state index contributed by atoms with van der Waals surface area (Å²) >= 11 is 4.36. The zero-order chi connectivity index (χ0) is 5.11. The number of rotatable bonds is 1. The smallest absolute Gasteiger partial charge is 0.153 e. The molecule has 0 aromatic carbocycles. The molecule has 7 heavy (non-hydrogen) atoms. The Labute approximate surface area is 45.3 Å². The lowest BCUT2D eigenvalue weighted by molar-refractivity contribution is 0.393. The van der Waals surface area contributed by atoms with Crippen LogP contribution in [0.15, 0.2) is 10.8 Å². The Kier molecular flexibility index (Phi) is 1.12. The van der Waals surface area contributed by atoms with Gasteiger partial charge < -0.3 is 4.52 Å². The summed E-state index contributed by atoms with van der Waals surface area (Å²) in [7, 11) is 0. The Hall–Kier alpha value is -0.770. The monoisotopic (exact) mass is 113 g/mol. The molecular weight excluding hydrogens is 112 g/mol. The van der Waals surface area contributed by atoms with Crippen molar-refractivity contribution in [3.05, 3.63) is 12.0 Å². The highest BCUT2D eigenvalue weighted by atomic mass is 32.1. The van der Waals surface area contributed by atoms with E-state index in [1.165, 1.54) is 6.26 Å². The Morgan fingerprint density at radius 1 is 1.86 bits per heavy atom. The van der Waals surface area contributed by atoms with Crippen LogP contribution in [0.25, 0.3) is 0 Å².